The fourth-order valence-corrected chi connectivity index (χ4v) is 9.79. The van der Waals surface area contributed by atoms with Gasteiger partial charge in [-0.25, -0.2) is 15.0 Å². The second kappa shape index (κ2) is 15.0. The van der Waals surface area contributed by atoms with E-state index in [0.717, 1.165) is 55.5 Å². The van der Waals surface area contributed by atoms with E-state index in [1.54, 1.807) is 0 Å². The van der Waals surface area contributed by atoms with Crippen molar-refractivity contribution in [1.82, 2.24) is 19.5 Å². The molecule has 0 fully saturated rings. The first-order valence-corrected chi connectivity index (χ1v) is 22.1. The zero-order valence-electron chi connectivity index (χ0n) is 35.2. The van der Waals surface area contributed by atoms with E-state index in [9.17, 15) is 0 Å². The first-order chi connectivity index (χ1) is 32.2. The summed E-state index contributed by atoms with van der Waals surface area (Å²) in [6.45, 7) is 0. The summed E-state index contributed by atoms with van der Waals surface area (Å²) >= 11 is 0. The van der Waals surface area contributed by atoms with E-state index in [1.807, 2.05) is 18.2 Å². The van der Waals surface area contributed by atoms with Gasteiger partial charge in [0, 0.05) is 44.0 Å². The van der Waals surface area contributed by atoms with Crippen LogP contribution in [0.25, 0.3) is 127 Å². The molecule has 65 heavy (non-hydrogen) atoms. The Labute approximate surface area is 375 Å². The van der Waals surface area contributed by atoms with Crippen molar-refractivity contribution in [2.24, 2.45) is 0 Å². The molecular formula is C61H38N4. The van der Waals surface area contributed by atoms with Crippen LogP contribution in [0, 0.1) is 0 Å². The lowest BCUT2D eigenvalue weighted by Gasteiger charge is -2.22. The van der Waals surface area contributed by atoms with Crippen molar-refractivity contribution in [2.75, 3.05) is 0 Å². The molecular weight excluding hydrogens is 789 g/mol. The number of fused-ring (bicyclic) bond motifs is 8. The number of nitrogens with zero attached hydrogens (tertiary/aromatic N) is 4. The summed E-state index contributed by atoms with van der Waals surface area (Å²) in [6.07, 6.45) is 0. The quantitative estimate of drug-likeness (QED) is 0.168. The van der Waals surface area contributed by atoms with Crippen molar-refractivity contribution in [1.29, 1.82) is 0 Å². The van der Waals surface area contributed by atoms with Crippen LogP contribution in [0.4, 0.5) is 0 Å². The van der Waals surface area contributed by atoms with Gasteiger partial charge in [0.2, 0.25) is 0 Å². The molecule has 0 atom stereocenters. The standard InChI is InChI=1S/C61H38N4/c1-3-17-41(18-4-1)53-36-50(61-63-59(43-20-5-2-6-21-43)62-60(64-61)49-30-28-40-16-8-10-23-45(40)34-49)37-54(48-29-27-39-15-7-9-22-44(39)33-48)58(53)65-56-38-47-25-12-11-24-46(47)35-55(56)52-32-31-42-19-13-14-26-51(42)57(52)65/h1-38H. The summed E-state index contributed by atoms with van der Waals surface area (Å²) in [7, 11) is 0. The number of hydrogen-bond acceptors (Lipinski definition) is 3. The van der Waals surface area contributed by atoms with E-state index in [4.69, 9.17) is 15.0 Å². The molecule has 0 saturated carbocycles. The van der Waals surface area contributed by atoms with Crippen molar-refractivity contribution in [3.8, 4) is 62.1 Å². The van der Waals surface area contributed by atoms with Crippen LogP contribution in [0.1, 0.15) is 0 Å². The molecule has 13 aromatic rings. The number of hydrogen-bond donors (Lipinski definition) is 0. The normalized spacial score (nSPS) is 11.7. The zero-order valence-corrected chi connectivity index (χ0v) is 35.2. The summed E-state index contributed by atoms with van der Waals surface area (Å²) in [5, 5.41) is 11.9. The predicted octanol–water partition coefficient (Wildman–Crippen LogP) is 15.9. The number of rotatable bonds is 6. The molecule has 13 rings (SSSR count). The molecule has 0 amide bonds. The Morgan fingerprint density at radius 3 is 1.38 bits per heavy atom. The fourth-order valence-electron chi connectivity index (χ4n) is 9.79. The summed E-state index contributed by atoms with van der Waals surface area (Å²) in [6, 6.07) is 82.7. The molecule has 0 spiro atoms. The minimum Gasteiger partial charge on any atom is -0.307 e. The monoisotopic (exact) mass is 826 g/mol. The van der Waals surface area contributed by atoms with Crippen LogP contribution in [0.5, 0.6) is 0 Å². The SMILES string of the molecule is c1ccc(-c2nc(-c3cc(-c4ccccc4)c(-n4c5cc6ccccc6cc5c5ccc6ccccc6c54)c(-c4ccc5ccccc5c4)c3)nc(-c3ccc4ccccc4c3)n2)cc1. The highest BCUT2D eigenvalue weighted by Gasteiger charge is 2.25. The maximum Gasteiger partial charge on any atom is 0.164 e. The van der Waals surface area contributed by atoms with Gasteiger partial charge in [0.25, 0.3) is 0 Å². The summed E-state index contributed by atoms with van der Waals surface area (Å²) in [5.74, 6) is 1.85. The molecule has 2 aromatic heterocycles. The number of aromatic nitrogens is 4. The van der Waals surface area contributed by atoms with E-state index in [2.05, 4.69) is 217 Å². The van der Waals surface area contributed by atoms with Gasteiger partial charge in [-0.3, -0.25) is 0 Å². The van der Waals surface area contributed by atoms with Crippen LogP contribution in [0.2, 0.25) is 0 Å². The van der Waals surface area contributed by atoms with Crippen LogP contribution in [0.3, 0.4) is 0 Å². The third-order valence-electron chi connectivity index (χ3n) is 12.9. The molecule has 4 nitrogen and oxygen atoms in total. The Kier molecular flexibility index (Phi) is 8.50. The summed E-state index contributed by atoms with van der Waals surface area (Å²) < 4.78 is 2.54. The van der Waals surface area contributed by atoms with Gasteiger partial charge in [-0.15, -0.1) is 0 Å². The van der Waals surface area contributed by atoms with Gasteiger partial charge in [-0.2, -0.15) is 0 Å². The molecule has 0 radical (unpaired) electrons. The molecule has 2 heterocycles. The molecule has 0 unspecified atom stereocenters. The van der Waals surface area contributed by atoms with Gasteiger partial charge in [-0.1, -0.05) is 194 Å². The molecule has 4 heteroatoms. The molecule has 302 valence electrons. The lowest BCUT2D eigenvalue weighted by Crippen LogP contribution is -2.04. The summed E-state index contributed by atoms with van der Waals surface area (Å²) in [4.78, 5) is 15.8. The Morgan fingerprint density at radius 1 is 0.262 bits per heavy atom. The Hall–Kier alpha value is -8.73. The minimum absolute atomic E-state index is 0.603. The molecule has 11 aromatic carbocycles. The molecule has 0 saturated heterocycles. The first kappa shape index (κ1) is 36.9. The summed E-state index contributed by atoms with van der Waals surface area (Å²) in [5.41, 5.74) is 10.5. The van der Waals surface area contributed by atoms with E-state index < -0.39 is 0 Å². The highest BCUT2D eigenvalue weighted by atomic mass is 15.0. The van der Waals surface area contributed by atoms with Crippen LogP contribution in [-0.2, 0) is 0 Å². The van der Waals surface area contributed by atoms with Crippen LogP contribution < -0.4 is 0 Å². The second-order valence-corrected chi connectivity index (χ2v) is 16.8. The van der Waals surface area contributed by atoms with Gasteiger partial charge in [0.1, 0.15) is 0 Å². The van der Waals surface area contributed by atoms with Crippen LogP contribution in [-0.4, -0.2) is 19.5 Å². The third kappa shape index (κ3) is 6.26. The first-order valence-electron chi connectivity index (χ1n) is 22.1. The van der Waals surface area contributed by atoms with Crippen LogP contribution >= 0.6 is 0 Å². The topological polar surface area (TPSA) is 43.6 Å². The van der Waals surface area contributed by atoms with Crippen molar-refractivity contribution >= 4 is 64.9 Å². The molecule has 0 aliphatic heterocycles. The highest BCUT2D eigenvalue weighted by Crippen LogP contribution is 2.46. The highest BCUT2D eigenvalue weighted by molar-refractivity contribution is 6.21. The van der Waals surface area contributed by atoms with E-state index >= 15 is 0 Å². The Morgan fingerprint density at radius 2 is 0.723 bits per heavy atom. The molecule has 0 aliphatic rings. The largest absolute Gasteiger partial charge is 0.307 e. The third-order valence-corrected chi connectivity index (χ3v) is 12.9. The van der Waals surface area contributed by atoms with E-state index in [1.165, 1.54) is 54.0 Å². The van der Waals surface area contributed by atoms with Gasteiger partial charge in [0.05, 0.1) is 16.7 Å². The molecule has 0 aliphatic carbocycles. The van der Waals surface area contributed by atoms with E-state index in [-0.39, 0.29) is 0 Å². The van der Waals surface area contributed by atoms with E-state index in [0.29, 0.717) is 17.5 Å². The van der Waals surface area contributed by atoms with Gasteiger partial charge in [-0.05, 0) is 85.2 Å². The molecule has 0 N–H and O–H groups in total. The van der Waals surface area contributed by atoms with Gasteiger partial charge >= 0.3 is 0 Å². The average Bonchev–Trinajstić information content (AvgIpc) is 3.70. The van der Waals surface area contributed by atoms with Crippen LogP contribution in [0.15, 0.2) is 231 Å². The maximum atomic E-state index is 5.36. The van der Waals surface area contributed by atoms with Gasteiger partial charge < -0.3 is 4.57 Å². The fraction of sp³-hybridized carbons (Fsp3) is 0. The lowest BCUT2D eigenvalue weighted by atomic mass is 9.91. The van der Waals surface area contributed by atoms with Crippen molar-refractivity contribution in [2.45, 2.75) is 0 Å². The maximum absolute atomic E-state index is 5.36. The zero-order chi connectivity index (χ0) is 42.8. The van der Waals surface area contributed by atoms with Crippen molar-refractivity contribution in [3.63, 3.8) is 0 Å². The minimum atomic E-state index is 0.603. The Bertz CT molecular complexity index is 4000. The Balaban J connectivity index is 1.18. The van der Waals surface area contributed by atoms with Crippen molar-refractivity contribution in [3.05, 3.63) is 231 Å². The van der Waals surface area contributed by atoms with Gasteiger partial charge in [0.15, 0.2) is 17.5 Å². The number of benzene rings is 11. The lowest BCUT2D eigenvalue weighted by molar-refractivity contribution is 1.07. The second-order valence-electron chi connectivity index (χ2n) is 16.8. The predicted molar refractivity (Wildman–Crippen MR) is 271 cm³/mol. The average molecular weight is 827 g/mol. The van der Waals surface area contributed by atoms with Crippen molar-refractivity contribution < 1.29 is 0 Å². The molecule has 0 bridgehead atoms. The smallest absolute Gasteiger partial charge is 0.164 e.